The van der Waals surface area contributed by atoms with E-state index in [4.69, 9.17) is 4.42 Å². The normalized spacial score (nSPS) is 16.1. The summed E-state index contributed by atoms with van der Waals surface area (Å²) in [5, 5.41) is 3.35. The second kappa shape index (κ2) is 4.59. The lowest BCUT2D eigenvalue weighted by Gasteiger charge is -2.29. The summed E-state index contributed by atoms with van der Waals surface area (Å²) in [6.45, 7) is 4.25. The molecule has 0 aliphatic carbocycles. The van der Waals surface area contributed by atoms with E-state index >= 15 is 0 Å². The number of nitrogens with one attached hydrogen (secondary N) is 1. The monoisotopic (exact) mass is 229 g/mol. The smallest absolute Gasteiger partial charge is 0.225 e. The van der Waals surface area contributed by atoms with Crippen LogP contribution in [0.25, 0.3) is 11.5 Å². The molecule has 4 heteroatoms. The number of aromatic nitrogens is 1. The van der Waals surface area contributed by atoms with Gasteiger partial charge in [0.05, 0.1) is 6.20 Å². The summed E-state index contributed by atoms with van der Waals surface area (Å²) in [6.07, 6.45) is 3.26. The van der Waals surface area contributed by atoms with Crippen LogP contribution in [-0.4, -0.2) is 31.2 Å². The second-order valence-electron chi connectivity index (χ2n) is 4.12. The molecule has 0 spiro atoms. The summed E-state index contributed by atoms with van der Waals surface area (Å²) in [7, 11) is 0. The summed E-state index contributed by atoms with van der Waals surface area (Å²) < 4.78 is 5.27. The summed E-state index contributed by atoms with van der Waals surface area (Å²) >= 11 is 0. The van der Waals surface area contributed by atoms with Gasteiger partial charge in [-0.1, -0.05) is 0 Å². The number of oxazole rings is 1. The zero-order valence-corrected chi connectivity index (χ0v) is 9.60. The Labute approximate surface area is 100 Å². The molecule has 1 aliphatic rings. The molecule has 2 heterocycles. The number of benzene rings is 1. The molecule has 1 aliphatic heterocycles. The van der Waals surface area contributed by atoms with Crippen molar-refractivity contribution in [3.8, 4) is 11.5 Å². The van der Waals surface area contributed by atoms with Gasteiger partial charge >= 0.3 is 0 Å². The van der Waals surface area contributed by atoms with Crippen LogP contribution in [0.15, 0.2) is 41.1 Å². The zero-order valence-electron chi connectivity index (χ0n) is 9.60. The van der Waals surface area contributed by atoms with Crippen LogP contribution in [0.1, 0.15) is 0 Å². The Morgan fingerprint density at radius 2 is 1.88 bits per heavy atom. The van der Waals surface area contributed by atoms with Gasteiger partial charge < -0.3 is 14.6 Å². The lowest BCUT2D eigenvalue weighted by molar-refractivity contribution is 0.574. The van der Waals surface area contributed by atoms with Crippen LogP contribution in [0.4, 0.5) is 5.69 Å². The minimum atomic E-state index is 0.678. The summed E-state index contributed by atoms with van der Waals surface area (Å²) in [5.41, 5.74) is 2.29. The van der Waals surface area contributed by atoms with Crippen molar-refractivity contribution < 1.29 is 4.42 Å². The van der Waals surface area contributed by atoms with E-state index in [1.54, 1.807) is 12.5 Å². The maximum absolute atomic E-state index is 5.27. The van der Waals surface area contributed by atoms with Crippen LogP contribution in [0.5, 0.6) is 0 Å². The van der Waals surface area contributed by atoms with Gasteiger partial charge in [-0.25, -0.2) is 4.98 Å². The van der Waals surface area contributed by atoms with E-state index in [1.165, 1.54) is 5.69 Å². The molecule has 0 unspecified atom stereocenters. The van der Waals surface area contributed by atoms with E-state index in [0.29, 0.717) is 5.89 Å². The fourth-order valence-electron chi connectivity index (χ4n) is 2.10. The Hall–Kier alpha value is -1.81. The van der Waals surface area contributed by atoms with Gasteiger partial charge in [-0.15, -0.1) is 0 Å². The average molecular weight is 229 g/mol. The largest absolute Gasteiger partial charge is 0.445 e. The van der Waals surface area contributed by atoms with Crippen LogP contribution in [-0.2, 0) is 0 Å². The van der Waals surface area contributed by atoms with Gasteiger partial charge in [0.1, 0.15) is 6.26 Å². The van der Waals surface area contributed by atoms with Gasteiger partial charge in [0, 0.05) is 37.4 Å². The minimum absolute atomic E-state index is 0.678. The maximum atomic E-state index is 5.27. The first-order valence-corrected chi connectivity index (χ1v) is 5.89. The lowest BCUT2D eigenvalue weighted by Crippen LogP contribution is -2.43. The van der Waals surface area contributed by atoms with Gasteiger partial charge in [-0.2, -0.15) is 0 Å². The van der Waals surface area contributed by atoms with Crippen molar-refractivity contribution in [3.05, 3.63) is 36.7 Å². The molecule has 1 fully saturated rings. The fourth-order valence-corrected chi connectivity index (χ4v) is 2.10. The molecule has 1 aromatic carbocycles. The van der Waals surface area contributed by atoms with Crippen LogP contribution < -0.4 is 10.2 Å². The lowest BCUT2D eigenvalue weighted by atomic mass is 10.2. The first-order chi connectivity index (χ1) is 8.43. The maximum Gasteiger partial charge on any atom is 0.225 e. The molecule has 0 saturated carbocycles. The Balaban J connectivity index is 1.80. The third kappa shape index (κ3) is 2.17. The predicted octanol–water partition coefficient (Wildman–Crippen LogP) is 1.75. The summed E-state index contributed by atoms with van der Waals surface area (Å²) in [5.74, 6) is 0.678. The molecular weight excluding hydrogens is 214 g/mol. The minimum Gasteiger partial charge on any atom is -0.445 e. The molecule has 0 bridgehead atoms. The van der Waals surface area contributed by atoms with Crippen LogP contribution >= 0.6 is 0 Å². The van der Waals surface area contributed by atoms with Gasteiger partial charge in [0.15, 0.2) is 0 Å². The van der Waals surface area contributed by atoms with Crippen molar-refractivity contribution in [2.45, 2.75) is 0 Å². The average Bonchev–Trinajstić information content (AvgIpc) is 2.94. The summed E-state index contributed by atoms with van der Waals surface area (Å²) in [4.78, 5) is 6.52. The highest BCUT2D eigenvalue weighted by Gasteiger charge is 2.10. The molecule has 0 atom stereocenters. The Morgan fingerprint density at radius 1 is 1.12 bits per heavy atom. The molecule has 1 aromatic heterocycles. The van der Waals surface area contributed by atoms with Crippen molar-refractivity contribution >= 4 is 5.69 Å². The summed E-state index contributed by atoms with van der Waals surface area (Å²) in [6, 6.07) is 8.38. The number of anilines is 1. The van der Waals surface area contributed by atoms with E-state index in [0.717, 1.165) is 31.7 Å². The van der Waals surface area contributed by atoms with E-state index in [1.807, 2.05) is 0 Å². The first kappa shape index (κ1) is 10.4. The van der Waals surface area contributed by atoms with E-state index in [-0.39, 0.29) is 0 Å². The van der Waals surface area contributed by atoms with Gasteiger partial charge in [0.25, 0.3) is 0 Å². The first-order valence-electron chi connectivity index (χ1n) is 5.89. The Morgan fingerprint density at radius 3 is 2.53 bits per heavy atom. The fraction of sp³-hybridized carbons (Fsp3) is 0.308. The highest BCUT2D eigenvalue weighted by Crippen LogP contribution is 2.21. The van der Waals surface area contributed by atoms with Crippen molar-refractivity contribution in [2.24, 2.45) is 0 Å². The number of rotatable bonds is 2. The van der Waals surface area contributed by atoms with Crippen molar-refractivity contribution in [1.82, 2.24) is 10.3 Å². The molecule has 0 radical (unpaired) electrons. The Kier molecular flexibility index (Phi) is 2.80. The quantitative estimate of drug-likeness (QED) is 0.851. The van der Waals surface area contributed by atoms with Crippen molar-refractivity contribution in [1.29, 1.82) is 0 Å². The number of hydrogen-bond acceptors (Lipinski definition) is 4. The molecule has 1 saturated heterocycles. The Bertz CT molecular complexity index is 458. The molecule has 3 rings (SSSR count). The van der Waals surface area contributed by atoms with Crippen LogP contribution in [0, 0.1) is 0 Å². The molecule has 0 amide bonds. The molecule has 1 N–H and O–H groups in total. The number of nitrogens with zero attached hydrogens (tertiary/aromatic N) is 2. The van der Waals surface area contributed by atoms with E-state index in [2.05, 4.69) is 39.5 Å². The third-order valence-electron chi connectivity index (χ3n) is 3.03. The number of hydrogen-bond donors (Lipinski definition) is 1. The molecule has 88 valence electrons. The van der Waals surface area contributed by atoms with Crippen LogP contribution in [0.2, 0.25) is 0 Å². The van der Waals surface area contributed by atoms with E-state index < -0.39 is 0 Å². The van der Waals surface area contributed by atoms with Gasteiger partial charge in [-0.05, 0) is 24.3 Å². The highest BCUT2D eigenvalue weighted by molar-refractivity contribution is 5.59. The third-order valence-corrected chi connectivity index (χ3v) is 3.03. The predicted molar refractivity (Wildman–Crippen MR) is 67.0 cm³/mol. The molecular formula is C13H15N3O. The topological polar surface area (TPSA) is 41.3 Å². The van der Waals surface area contributed by atoms with Gasteiger partial charge in [0.2, 0.25) is 5.89 Å². The van der Waals surface area contributed by atoms with Crippen molar-refractivity contribution in [3.63, 3.8) is 0 Å². The SMILES string of the molecule is c1coc(-c2ccc(N3CCNCC3)cc2)n1. The van der Waals surface area contributed by atoms with E-state index in [9.17, 15) is 0 Å². The highest BCUT2D eigenvalue weighted by atomic mass is 16.3. The second-order valence-corrected chi connectivity index (χ2v) is 4.12. The molecule has 17 heavy (non-hydrogen) atoms. The number of piperazine rings is 1. The van der Waals surface area contributed by atoms with Gasteiger partial charge in [-0.3, -0.25) is 0 Å². The standard InChI is InChI=1S/C13H15N3O/c1-3-12(16-8-5-14-6-9-16)4-2-11(1)13-15-7-10-17-13/h1-4,7,10,14H,5-6,8-9H2. The zero-order chi connectivity index (χ0) is 11.5. The van der Waals surface area contributed by atoms with Crippen LogP contribution in [0.3, 0.4) is 0 Å². The van der Waals surface area contributed by atoms with Crippen molar-refractivity contribution in [2.75, 3.05) is 31.1 Å². The molecule has 2 aromatic rings. The molecule has 4 nitrogen and oxygen atoms in total.